The van der Waals surface area contributed by atoms with E-state index in [1.54, 1.807) is 6.08 Å². The normalized spacial score (nSPS) is 24.6. The van der Waals surface area contributed by atoms with E-state index in [-0.39, 0.29) is 17.9 Å². The summed E-state index contributed by atoms with van der Waals surface area (Å²) in [5.41, 5.74) is 1.11. The minimum absolute atomic E-state index is 0.129. The van der Waals surface area contributed by atoms with E-state index in [1.165, 1.54) is 7.11 Å². The topological polar surface area (TPSA) is 58.6 Å². The standard InChI is InChI=1S/C11H16N2O3/c1-16-11(15)12-8-4-5-13(7-8)9-2-3-10(14)6-9/h6,8H,2-5,7H2,1H3,(H,12,15). The summed E-state index contributed by atoms with van der Waals surface area (Å²) in [6, 6.07) is 0.129. The van der Waals surface area contributed by atoms with E-state index in [4.69, 9.17) is 0 Å². The van der Waals surface area contributed by atoms with Gasteiger partial charge in [-0.05, 0) is 12.8 Å². The molecule has 0 bridgehead atoms. The molecule has 1 fully saturated rings. The molecule has 1 aliphatic carbocycles. The van der Waals surface area contributed by atoms with Crippen molar-refractivity contribution in [2.24, 2.45) is 0 Å². The molecule has 1 heterocycles. The van der Waals surface area contributed by atoms with Crippen LogP contribution in [0.15, 0.2) is 11.8 Å². The number of allylic oxidation sites excluding steroid dienone is 2. The van der Waals surface area contributed by atoms with Crippen LogP contribution in [0.4, 0.5) is 4.79 Å². The summed E-state index contributed by atoms with van der Waals surface area (Å²) in [5.74, 6) is 0.208. The number of ketones is 1. The Hall–Kier alpha value is -1.52. The molecular weight excluding hydrogens is 208 g/mol. The molecule has 0 aromatic rings. The van der Waals surface area contributed by atoms with Gasteiger partial charge in [-0.15, -0.1) is 0 Å². The van der Waals surface area contributed by atoms with Crippen LogP contribution in [-0.4, -0.2) is 43.0 Å². The van der Waals surface area contributed by atoms with Crippen LogP contribution < -0.4 is 5.32 Å². The third kappa shape index (κ3) is 2.35. The van der Waals surface area contributed by atoms with E-state index < -0.39 is 0 Å². The third-order valence-corrected chi connectivity index (χ3v) is 3.06. The van der Waals surface area contributed by atoms with Crippen molar-refractivity contribution < 1.29 is 14.3 Å². The Morgan fingerprint density at radius 1 is 1.56 bits per heavy atom. The highest BCUT2D eigenvalue weighted by Crippen LogP contribution is 2.23. The van der Waals surface area contributed by atoms with Gasteiger partial charge in [-0.2, -0.15) is 0 Å². The van der Waals surface area contributed by atoms with Crippen molar-refractivity contribution in [3.05, 3.63) is 11.8 Å². The number of nitrogens with zero attached hydrogens (tertiary/aromatic N) is 1. The molecule has 1 amide bonds. The van der Waals surface area contributed by atoms with E-state index in [0.29, 0.717) is 6.42 Å². The first kappa shape index (κ1) is 11.0. The van der Waals surface area contributed by atoms with E-state index in [9.17, 15) is 9.59 Å². The third-order valence-electron chi connectivity index (χ3n) is 3.06. The number of alkyl carbamates (subject to hydrolysis) is 1. The van der Waals surface area contributed by atoms with Gasteiger partial charge in [0.05, 0.1) is 13.2 Å². The van der Waals surface area contributed by atoms with Gasteiger partial charge in [0.15, 0.2) is 5.78 Å². The smallest absolute Gasteiger partial charge is 0.407 e. The fourth-order valence-electron chi connectivity index (χ4n) is 2.20. The first-order chi connectivity index (χ1) is 7.69. The van der Waals surface area contributed by atoms with Gasteiger partial charge in [0.2, 0.25) is 0 Å². The minimum Gasteiger partial charge on any atom is -0.453 e. The number of methoxy groups -OCH3 is 1. The number of carbonyl (C=O) groups is 2. The van der Waals surface area contributed by atoms with Crippen molar-refractivity contribution in [1.29, 1.82) is 0 Å². The molecule has 1 atom stereocenters. The van der Waals surface area contributed by atoms with Crippen LogP contribution in [0.1, 0.15) is 19.3 Å². The lowest BCUT2D eigenvalue weighted by Crippen LogP contribution is -2.36. The number of hydrogen-bond donors (Lipinski definition) is 1. The lowest BCUT2D eigenvalue weighted by Gasteiger charge is -2.19. The fraction of sp³-hybridized carbons (Fsp3) is 0.636. The number of hydrogen-bond acceptors (Lipinski definition) is 4. The quantitative estimate of drug-likeness (QED) is 0.748. The van der Waals surface area contributed by atoms with Gasteiger partial charge in [-0.25, -0.2) is 4.79 Å². The molecular formula is C11H16N2O3. The average Bonchev–Trinajstić information content (AvgIpc) is 2.87. The van der Waals surface area contributed by atoms with Gasteiger partial charge in [-0.3, -0.25) is 4.79 Å². The molecule has 0 radical (unpaired) electrons. The predicted molar refractivity (Wildman–Crippen MR) is 57.8 cm³/mol. The van der Waals surface area contributed by atoms with Gasteiger partial charge in [0, 0.05) is 31.3 Å². The number of rotatable bonds is 2. The Balaban J connectivity index is 1.86. The van der Waals surface area contributed by atoms with E-state index >= 15 is 0 Å². The van der Waals surface area contributed by atoms with E-state index in [2.05, 4.69) is 15.0 Å². The molecule has 1 N–H and O–H groups in total. The van der Waals surface area contributed by atoms with Crippen LogP contribution in [0.2, 0.25) is 0 Å². The molecule has 88 valence electrons. The van der Waals surface area contributed by atoms with Gasteiger partial charge in [0.25, 0.3) is 0 Å². The summed E-state index contributed by atoms with van der Waals surface area (Å²) in [6.07, 6.45) is 3.70. The highest BCUT2D eigenvalue weighted by Gasteiger charge is 2.27. The second-order valence-corrected chi connectivity index (χ2v) is 4.17. The molecule has 5 heteroatoms. The first-order valence-electron chi connectivity index (χ1n) is 5.52. The van der Waals surface area contributed by atoms with Crippen LogP contribution in [0.5, 0.6) is 0 Å². The number of amides is 1. The molecule has 0 aromatic carbocycles. The van der Waals surface area contributed by atoms with Crippen LogP contribution in [0.25, 0.3) is 0 Å². The van der Waals surface area contributed by atoms with Crippen molar-refractivity contribution in [3.8, 4) is 0 Å². The van der Waals surface area contributed by atoms with Crippen LogP contribution in [0.3, 0.4) is 0 Å². The Labute approximate surface area is 94.4 Å². The Kier molecular flexibility index (Phi) is 3.12. The monoisotopic (exact) mass is 224 g/mol. The predicted octanol–water partition coefficient (Wildman–Crippen LogP) is 0.663. The van der Waals surface area contributed by atoms with Crippen molar-refractivity contribution in [2.75, 3.05) is 20.2 Å². The zero-order chi connectivity index (χ0) is 11.5. The SMILES string of the molecule is COC(=O)NC1CCN(C2=CC(=O)CC2)C1. The van der Waals surface area contributed by atoms with E-state index in [1.807, 2.05) is 0 Å². The zero-order valence-corrected chi connectivity index (χ0v) is 9.36. The van der Waals surface area contributed by atoms with Crippen LogP contribution in [0, 0.1) is 0 Å². The molecule has 1 saturated heterocycles. The number of nitrogens with one attached hydrogen (secondary N) is 1. The van der Waals surface area contributed by atoms with Gasteiger partial charge in [-0.1, -0.05) is 0 Å². The lowest BCUT2D eigenvalue weighted by molar-refractivity contribution is -0.114. The average molecular weight is 224 g/mol. The highest BCUT2D eigenvalue weighted by molar-refractivity contribution is 5.92. The minimum atomic E-state index is -0.386. The molecule has 1 unspecified atom stereocenters. The van der Waals surface area contributed by atoms with Crippen molar-refractivity contribution in [2.45, 2.75) is 25.3 Å². The summed E-state index contributed by atoms with van der Waals surface area (Å²) in [5, 5.41) is 2.78. The molecule has 2 rings (SSSR count). The largest absolute Gasteiger partial charge is 0.453 e. The maximum Gasteiger partial charge on any atom is 0.407 e. The molecule has 0 saturated carbocycles. The molecule has 1 aliphatic heterocycles. The van der Waals surface area contributed by atoms with Crippen molar-refractivity contribution >= 4 is 11.9 Å². The summed E-state index contributed by atoms with van der Waals surface area (Å²) in [7, 11) is 1.36. The fourth-order valence-corrected chi connectivity index (χ4v) is 2.20. The molecule has 16 heavy (non-hydrogen) atoms. The van der Waals surface area contributed by atoms with Crippen molar-refractivity contribution in [3.63, 3.8) is 0 Å². The van der Waals surface area contributed by atoms with Gasteiger partial charge < -0.3 is 15.0 Å². The Morgan fingerprint density at radius 2 is 2.38 bits per heavy atom. The van der Waals surface area contributed by atoms with Crippen LogP contribution in [-0.2, 0) is 9.53 Å². The molecule has 5 nitrogen and oxygen atoms in total. The Bertz CT molecular complexity index is 338. The second-order valence-electron chi connectivity index (χ2n) is 4.17. The molecule has 2 aliphatic rings. The number of carbonyl (C=O) groups excluding carboxylic acids is 2. The zero-order valence-electron chi connectivity index (χ0n) is 9.36. The first-order valence-corrected chi connectivity index (χ1v) is 5.52. The van der Waals surface area contributed by atoms with Gasteiger partial charge >= 0.3 is 6.09 Å². The Morgan fingerprint density at radius 3 is 3.00 bits per heavy atom. The lowest BCUT2D eigenvalue weighted by atomic mass is 10.3. The summed E-state index contributed by atoms with van der Waals surface area (Å²) >= 11 is 0. The maximum atomic E-state index is 11.1. The summed E-state index contributed by atoms with van der Waals surface area (Å²) in [4.78, 5) is 24.3. The number of likely N-dealkylation sites (tertiary alicyclic amines) is 1. The van der Waals surface area contributed by atoms with Crippen molar-refractivity contribution in [1.82, 2.24) is 10.2 Å². The summed E-state index contributed by atoms with van der Waals surface area (Å²) < 4.78 is 4.55. The number of ether oxygens (including phenoxy) is 1. The summed E-state index contributed by atoms with van der Waals surface area (Å²) in [6.45, 7) is 1.67. The molecule has 0 aromatic heterocycles. The second kappa shape index (κ2) is 4.55. The van der Waals surface area contributed by atoms with E-state index in [0.717, 1.165) is 31.6 Å². The molecule has 0 spiro atoms. The maximum absolute atomic E-state index is 11.1. The van der Waals surface area contributed by atoms with Gasteiger partial charge in [0.1, 0.15) is 0 Å². The highest BCUT2D eigenvalue weighted by atomic mass is 16.5. The van der Waals surface area contributed by atoms with Crippen LogP contribution >= 0.6 is 0 Å².